The van der Waals surface area contributed by atoms with Crippen LogP contribution in [0.15, 0.2) is 30.3 Å². The molecule has 1 heterocycles. The van der Waals surface area contributed by atoms with Crippen molar-refractivity contribution < 1.29 is 14.6 Å². The smallest absolute Gasteiger partial charge is 0.356 e. The van der Waals surface area contributed by atoms with Crippen molar-refractivity contribution >= 4 is 23.3 Å². The molecular weight excluding hydrogens is 366 g/mol. The molecule has 141 valence electrons. The number of hydrogen-bond acceptors (Lipinski definition) is 5. The average Bonchev–Trinajstić information content (AvgIpc) is 3.30. The van der Waals surface area contributed by atoms with Gasteiger partial charge in [-0.3, -0.25) is 4.68 Å². The van der Waals surface area contributed by atoms with Crippen LogP contribution in [-0.2, 0) is 11.3 Å². The number of aromatic nitrogens is 2. The summed E-state index contributed by atoms with van der Waals surface area (Å²) in [6.07, 6.45) is 6.88. The number of ether oxygens (including phenoxy) is 1. The van der Waals surface area contributed by atoms with Crippen LogP contribution in [0.4, 0.5) is 5.69 Å². The lowest BCUT2D eigenvalue weighted by molar-refractivity contribution is 0.0507. The van der Waals surface area contributed by atoms with Gasteiger partial charge in [0, 0.05) is 23.2 Å². The topological polar surface area (TPSA) is 76.4 Å². The molecule has 1 fully saturated rings. The second-order valence-corrected chi connectivity index (χ2v) is 6.47. The van der Waals surface area contributed by atoms with E-state index in [0.717, 1.165) is 11.6 Å². The third kappa shape index (κ3) is 5.23. The largest absolute Gasteiger partial charge is 0.461 e. The highest BCUT2D eigenvalue weighted by atomic mass is 35.5. The molecule has 1 saturated carbocycles. The van der Waals surface area contributed by atoms with Gasteiger partial charge in [0.15, 0.2) is 0 Å². The van der Waals surface area contributed by atoms with E-state index in [1.165, 1.54) is 4.68 Å². The summed E-state index contributed by atoms with van der Waals surface area (Å²) in [4.78, 5) is 12.3. The molecule has 7 heteroatoms. The number of carbonyl (C=O) groups excluding carboxylic acids is 1. The molecule has 1 aromatic heterocycles. The van der Waals surface area contributed by atoms with Crippen molar-refractivity contribution in [1.29, 1.82) is 0 Å². The minimum Gasteiger partial charge on any atom is -0.461 e. The maximum Gasteiger partial charge on any atom is 0.356 e. The Morgan fingerprint density at radius 2 is 2.11 bits per heavy atom. The number of nitrogens with one attached hydrogen (secondary N) is 1. The fraction of sp³-hybridized carbons (Fsp3) is 0.250. The molecule has 2 aromatic rings. The lowest BCUT2D eigenvalue weighted by atomic mass is 10.0. The molecule has 1 aromatic carbocycles. The highest BCUT2D eigenvalue weighted by molar-refractivity contribution is 6.30. The van der Waals surface area contributed by atoms with E-state index in [2.05, 4.69) is 10.4 Å². The summed E-state index contributed by atoms with van der Waals surface area (Å²) in [5, 5.41) is 18.6. The maximum atomic E-state index is 12.3. The Hall–Kier alpha value is -2.05. The molecule has 5 radical (unpaired) electrons. The van der Waals surface area contributed by atoms with Gasteiger partial charge in [-0.2, -0.15) is 5.10 Å². The number of esters is 1. The number of nitrogens with zero attached hydrogens (tertiary/aromatic N) is 2. The number of aliphatic hydroxyl groups is 1. The van der Waals surface area contributed by atoms with Crippen molar-refractivity contribution in [2.75, 3.05) is 18.5 Å². The molecule has 0 amide bonds. The summed E-state index contributed by atoms with van der Waals surface area (Å²) in [5.41, 5.74) is 1.79. The standard InChI is InChI=1S/C20H21ClN3O3/c1-2-27-20(26)19-11-18(14-6-3-4-7-14)23-24(19)13-17(25)12-22-16-9-5-8-15(21)10-16/h3-11,17,22,25H,2,12-13H2,1H3/t17-/m1/s1. The van der Waals surface area contributed by atoms with Crippen molar-refractivity contribution in [1.82, 2.24) is 9.78 Å². The van der Waals surface area contributed by atoms with E-state index in [1.807, 2.05) is 37.8 Å². The van der Waals surface area contributed by atoms with E-state index in [4.69, 9.17) is 16.3 Å². The van der Waals surface area contributed by atoms with Gasteiger partial charge in [0.05, 0.1) is 24.9 Å². The van der Waals surface area contributed by atoms with Crippen molar-refractivity contribution in [3.63, 3.8) is 0 Å². The maximum absolute atomic E-state index is 12.3. The highest BCUT2D eigenvalue weighted by Crippen LogP contribution is 2.29. The van der Waals surface area contributed by atoms with Crippen LogP contribution in [0, 0.1) is 31.6 Å². The van der Waals surface area contributed by atoms with E-state index in [0.29, 0.717) is 16.4 Å². The minimum atomic E-state index is -0.760. The second-order valence-electron chi connectivity index (χ2n) is 6.04. The zero-order valence-electron chi connectivity index (χ0n) is 14.9. The number of anilines is 1. The van der Waals surface area contributed by atoms with Crippen LogP contribution in [0.3, 0.4) is 0 Å². The normalized spacial score (nSPS) is 15.7. The molecule has 1 aliphatic rings. The third-order valence-electron chi connectivity index (χ3n) is 3.97. The van der Waals surface area contributed by atoms with Crippen LogP contribution in [0.25, 0.3) is 0 Å². The van der Waals surface area contributed by atoms with Gasteiger partial charge < -0.3 is 15.2 Å². The molecule has 6 nitrogen and oxygen atoms in total. The molecule has 0 saturated heterocycles. The molecule has 0 unspecified atom stereocenters. The lowest BCUT2D eigenvalue weighted by Crippen LogP contribution is -2.27. The van der Waals surface area contributed by atoms with Crippen molar-refractivity contribution in [3.05, 3.63) is 78.3 Å². The summed E-state index contributed by atoms with van der Waals surface area (Å²) in [5.74, 6) is 0.448. The highest BCUT2D eigenvalue weighted by Gasteiger charge is 2.26. The number of carbonyl (C=O) groups is 1. The van der Waals surface area contributed by atoms with Gasteiger partial charge in [-0.1, -0.05) is 17.7 Å². The van der Waals surface area contributed by atoms with Gasteiger partial charge >= 0.3 is 5.97 Å². The molecule has 1 aliphatic carbocycles. The van der Waals surface area contributed by atoms with Gasteiger partial charge in [0.2, 0.25) is 0 Å². The number of aliphatic hydroxyl groups excluding tert-OH is 1. The second kappa shape index (κ2) is 9.24. The zero-order chi connectivity index (χ0) is 19.2. The SMILES string of the molecule is CCOC(=O)c1cc([C]2[CH][CH][CH][CH]2)nn1C[C@H](O)CNc1cccc(Cl)c1. The fourth-order valence-corrected chi connectivity index (χ4v) is 2.90. The van der Waals surface area contributed by atoms with Gasteiger partial charge in [-0.05, 0) is 56.9 Å². The first kappa shape index (κ1) is 19.7. The van der Waals surface area contributed by atoms with E-state index in [9.17, 15) is 9.90 Å². The van der Waals surface area contributed by atoms with Crippen LogP contribution in [-0.4, -0.2) is 40.1 Å². The number of halogens is 1. The van der Waals surface area contributed by atoms with E-state index < -0.39 is 12.1 Å². The van der Waals surface area contributed by atoms with Crippen LogP contribution in [0.2, 0.25) is 5.02 Å². The molecule has 0 bridgehead atoms. The predicted octanol–water partition coefficient (Wildman–Crippen LogP) is 2.94. The lowest BCUT2D eigenvalue weighted by Gasteiger charge is -2.14. The Morgan fingerprint density at radius 1 is 1.33 bits per heavy atom. The quantitative estimate of drug-likeness (QED) is 0.682. The van der Waals surface area contributed by atoms with Gasteiger partial charge in [0.1, 0.15) is 5.69 Å². The predicted molar refractivity (Wildman–Crippen MR) is 104 cm³/mol. The van der Waals surface area contributed by atoms with Crippen LogP contribution in [0.5, 0.6) is 0 Å². The van der Waals surface area contributed by atoms with E-state index in [-0.39, 0.29) is 19.7 Å². The average molecular weight is 387 g/mol. The molecule has 1 atom stereocenters. The number of rotatable bonds is 8. The summed E-state index contributed by atoms with van der Waals surface area (Å²) in [7, 11) is 0. The van der Waals surface area contributed by atoms with Gasteiger partial charge in [0.25, 0.3) is 0 Å². The fourth-order valence-electron chi connectivity index (χ4n) is 2.71. The first-order valence-corrected chi connectivity index (χ1v) is 9.09. The van der Waals surface area contributed by atoms with Gasteiger partial charge in [-0.15, -0.1) is 0 Å². The van der Waals surface area contributed by atoms with Crippen LogP contribution >= 0.6 is 11.6 Å². The Labute approximate surface area is 164 Å². The minimum absolute atomic E-state index is 0.155. The monoisotopic (exact) mass is 386 g/mol. The Balaban J connectivity index is 1.68. The van der Waals surface area contributed by atoms with Crippen LogP contribution in [0.1, 0.15) is 23.1 Å². The Bertz CT molecular complexity index is 772. The summed E-state index contributed by atoms with van der Waals surface area (Å²) in [6.45, 7) is 2.46. The van der Waals surface area contributed by atoms with Crippen molar-refractivity contribution in [2.24, 2.45) is 0 Å². The van der Waals surface area contributed by atoms with Crippen LogP contribution < -0.4 is 5.32 Å². The van der Waals surface area contributed by atoms with Gasteiger partial charge in [-0.25, -0.2) is 4.79 Å². The van der Waals surface area contributed by atoms with E-state index in [1.54, 1.807) is 25.1 Å². The molecule has 3 rings (SSSR count). The third-order valence-corrected chi connectivity index (χ3v) is 4.21. The van der Waals surface area contributed by atoms with E-state index >= 15 is 0 Å². The Kier molecular flexibility index (Phi) is 6.74. The summed E-state index contributed by atoms with van der Waals surface area (Å²) >= 11 is 5.96. The first-order chi connectivity index (χ1) is 13.1. The first-order valence-electron chi connectivity index (χ1n) is 8.71. The Morgan fingerprint density at radius 3 is 2.81 bits per heavy atom. The van der Waals surface area contributed by atoms with Crippen molar-refractivity contribution in [2.45, 2.75) is 19.6 Å². The number of benzene rings is 1. The molecule has 0 spiro atoms. The molecule has 27 heavy (non-hydrogen) atoms. The number of hydrogen-bond donors (Lipinski definition) is 2. The van der Waals surface area contributed by atoms with Crippen molar-refractivity contribution in [3.8, 4) is 0 Å². The summed E-state index contributed by atoms with van der Waals surface area (Å²) < 4.78 is 6.60. The molecule has 2 N–H and O–H groups in total. The zero-order valence-corrected chi connectivity index (χ0v) is 15.7. The summed E-state index contributed by atoms with van der Waals surface area (Å²) in [6, 6.07) is 8.94. The molecular formula is C20H21ClN3O3. The molecule has 0 aliphatic heterocycles.